The van der Waals surface area contributed by atoms with Crippen molar-refractivity contribution >= 4 is 50.9 Å². The van der Waals surface area contributed by atoms with Crippen LogP contribution in [-0.4, -0.2) is 44.2 Å². The van der Waals surface area contributed by atoms with Gasteiger partial charge < -0.3 is 5.32 Å². The summed E-state index contributed by atoms with van der Waals surface area (Å²) in [5.74, 6) is 1.06. The lowest BCUT2D eigenvalue weighted by Gasteiger charge is -2.25. The van der Waals surface area contributed by atoms with Gasteiger partial charge in [-0.15, -0.1) is 0 Å². The molecule has 1 N–H and O–H groups in total. The third kappa shape index (κ3) is 6.67. The van der Waals surface area contributed by atoms with Gasteiger partial charge in [0.1, 0.15) is 6.04 Å². The van der Waals surface area contributed by atoms with Crippen LogP contribution in [0, 0.1) is 0 Å². The lowest BCUT2D eigenvalue weighted by Crippen LogP contribution is -2.41. The van der Waals surface area contributed by atoms with E-state index in [0.717, 1.165) is 21.9 Å². The molecule has 5 nitrogen and oxygen atoms in total. The summed E-state index contributed by atoms with van der Waals surface area (Å²) in [4.78, 5) is 12.7. The highest BCUT2D eigenvalue weighted by Crippen LogP contribution is 2.25. The van der Waals surface area contributed by atoms with Crippen molar-refractivity contribution in [2.45, 2.75) is 11.8 Å². The van der Waals surface area contributed by atoms with Gasteiger partial charge in [-0.2, -0.15) is 16.1 Å². The maximum Gasteiger partial charge on any atom is 0.243 e. The van der Waals surface area contributed by atoms with Crippen LogP contribution >= 0.6 is 35.0 Å². The maximum atomic E-state index is 12.7. The molecule has 0 aliphatic carbocycles. The summed E-state index contributed by atoms with van der Waals surface area (Å²) in [7, 11) is -2.12. The second kappa shape index (κ2) is 10.5. The standard InChI is InChI=1S/C19H22Cl2N2O3S2/c1-23(28(2,25)26)18(15-6-4-3-5-7-15)19(24)22-10-11-27-13-14-8-9-16(20)17(21)12-14/h3-9,12,18H,10-11,13H2,1-2H3,(H,22,24)/t18-/m0/s1. The molecule has 152 valence electrons. The summed E-state index contributed by atoms with van der Waals surface area (Å²) in [5.41, 5.74) is 1.67. The van der Waals surface area contributed by atoms with Gasteiger partial charge in [0.05, 0.1) is 16.3 Å². The molecule has 0 radical (unpaired) electrons. The zero-order valence-corrected chi connectivity index (χ0v) is 18.7. The number of likely N-dealkylation sites (N-methyl/N-ethyl adjacent to an activating group) is 1. The normalized spacial score (nSPS) is 12.8. The second-order valence-electron chi connectivity index (χ2n) is 6.18. The smallest absolute Gasteiger partial charge is 0.243 e. The number of rotatable bonds is 9. The van der Waals surface area contributed by atoms with Crippen molar-refractivity contribution in [1.82, 2.24) is 9.62 Å². The van der Waals surface area contributed by atoms with E-state index in [4.69, 9.17) is 23.2 Å². The average Bonchev–Trinajstić information content (AvgIpc) is 2.64. The predicted octanol–water partition coefficient (Wildman–Crippen LogP) is 3.98. The molecule has 0 saturated heterocycles. The van der Waals surface area contributed by atoms with Crippen molar-refractivity contribution in [3.05, 3.63) is 69.7 Å². The summed E-state index contributed by atoms with van der Waals surface area (Å²) < 4.78 is 25.0. The molecule has 1 amide bonds. The molecule has 0 heterocycles. The van der Waals surface area contributed by atoms with Crippen LogP contribution in [0.5, 0.6) is 0 Å². The molecule has 2 rings (SSSR count). The van der Waals surface area contributed by atoms with Crippen molar-refractivity contribution < 1.29 is 13.2 Å². The largest absolute Gasteiger partial charge is 0.354 e. The summed E-state index contributed by atoms with van der Waals surface area (Å²) >= 11 is 13.5. The van der Waals surface area contributed by atoms with E-state index < -0.39 is 16.1 Å². The molecule has 0 spiro atoms. The molecular weight excluding hydrogens is 439 g/mol. The summed E-state index contributed by atoms with van der Waals surface area (Å²) in [5, 5.41) is 3.86. The fourth-order valence-corrected chi connectivity index (χ4v) is 4.24. The Morgan fingerprint density at radius 1 is 1.14 bits per heavy atom. The molecule has 9 heteroatoms. The Bertz CT molecular complexity index is 909. The first-order valence-corrected chi connectivity index (χ1v) is 12.2. The van der Waals surface area contributed by atoms with Gasteiger partial charge in [0.25, 0.3) is 0 Å². The quantitative estimate of drug-likeness (QED) is 0.574. The van der Waals surface area contributed by atoms with Gasteiger partial charge in [0.15, 0.2) is 0 Å². The van der Waals surface area contributed by atoms with Crippen LogP contribution in [0.2, 0.25) is 10.0 Å². The van der Waals surface area contributed by atoms with Crippen molar-refractivity contribution in [1.29, 1.82) is 0 Å². The topological polar surface area (TPSA) is 66.5 Å². The minimum atomic E-state index is -3.53. The van der Waals surface area contributed by atoms with Crippen molar-refractivity contribution in [2.24, 2.45) is 0 Å². The summed E-state index contributed by atoms with van der Waals surface area (Å²) in [6.45, 7) is 0.422. The van der Waals surface area contributed by atoms with E-state index >= 15 is 0 Å². The van der Waals surface area contributed by atoms with Gasteiger partial charge in [0.2, 0.25) is 15.9 Å². The SMILES string of the molecule is CN([C@H](C(=O)NCCSCc1ccc(Cl)c(Cl)c1)c1ccccc1)S(C)(=O)=O. The molecule has 0 aromatic heterocycles. The van der Waals surface area contributed by atoms with Crippen LogP contribution < -0.4 is 5.32 Å². The number of hydrogen-bond acceptors (Lipinski definition) is 4. The molecule has 0 unspecified atom stereocenters. The minimum Gasteiger partial charge on any atom is -0.354 e. The fraction of sp³-hybridized carbons (Fsp3) is 0.316. The Hall–Kier alpha value is -1.25. The van der Waals surface area contributed by atoms with E-state index in [1.165, 1.54) is 7.05 Å². The average molecular weight is 461 g/mol. The summed E-state index contributed by atoms with van der Waals surface area (Å²) in [6.07, 6.45) is 1.09. The van der Waals surface area contributed by atoms with Gasteiger partial charge in [-0.3, -0.25) is 4.79 Å². The number of amides is 1. The lowest BCUT2D eigenvalue weighted by atomic mass is 10.1. The first-order valence-electron chi connectivity index (χ1n) is 8.47. The lowest BCUT2D eigenvalue weighted by molar-refractivity contribution is -0.124. The minimum absolute atomic E-state index is 0.353. The summed E-state index contributed by atoms with van der Waals surface area (Å²) in [6, 6.07) is 13.4. The molecule has 2 aromatic carbocycles. The number of thioether (sulfide) groups is 1. The highest BCUT2D eigenvalue weighted by Gasteiger charge is 2.30. The third-order valence-electron chi connectivity index (χ3n) is 4.05. The van der Waals surface area contributed by atoms with Crippen molar-refractivity contribution in [3.8, 4) is 0 Å². The van der Waals surface area contributed by atoms with Crippen LogP contribution in [0.3, 0.4) is 0 Å². The zero-order chi connectivity index (χ0) is 20.7. The highest BCUT2D eigenvalue weighted by atomic mass is 35.5. The van der Waals surface area contributed by atoms with E-state index in [0.29, 0.717) is 27.9 Å². The number of nitrogens with zero attached hydrogens (tertiary/aromatic N) is 1. The Balaban J connectivity index is 1.92. The number of sulfonamides is 1. The van der Waals surface area contributed by atoms with Crippen LogP contribution in [0.1, 0.15) is 17.2 Å². The van der Waals surface area contributed by atoms with Crippen molar-refractivity contribution in [3.63, 3.8) is 0 Å². The van der Waals surface area contributed by atoms with Crippen LogP contribution in [0.4, 0.5) is 0 Å². The molecule has 0 aliphatic rings. The van der Waals surface area contributed by atoms with Crippen LogP contribution in [-0.2, 0) is 20.6 Å². The third-order valence-corrected chi connectivity index (χ3v) is 7.08. The maximum absolute atomic E-state index is 12.7. The number of hydrogen-bond donors (Lipinski definition) is 1. The van der Waals surface area contributed by atoms with Gasteiger partial charge in [-0.05, 0) is 23.3 Å². The fourth-order valence-electron chi connectivity index (χ4n) is 2.52. The molecule has 0 bridgehead atoms. The highest BCUT2D eigenvalue weighted by molar-refractivity contribution is 7.98. The first kappa shape index (κ1) is 23.0. The van der Waals surface area contributed by atoms with Crippen LogP contribution in [0.15, 0.2) is 48.5 Å². The van der Waals surface area contributed by atoms with Crippen molar-refractivity contribution in [2.75, 3.05) is 25.6 Å². The number of benzene rings is 2. The van der Waals surface area contributed by atoms with Gasteiger partial charge in [-0.25, -0.2) is 8.42 Å². The monoisotopic (exact) mass is 460 g/mol. The molecular formula is C19H22Cl2N2O3S2. The Morgan fingerprint density at radius 2 is 1.82 bits per heavy atom. The predicted molar refractivity (Wildman–Crippen MR) is 117 cm³/mol. The molecule has 1 atom stereocenters. The second-order valence-corrected chi connectivity index (χ2v) is 10.1. The molecule has 0 saturated carbocycles. The number of carbonyl (C=O) groups excluding carboxylic acids is 1. The Labute approximate surface area is 180 Å². The molecule has 2 aromatic rings. The Morgan fingerprint density at radius 3 is 2.43 bits per heavy atom. The van der Waals surface area contributed by atoms with E-state index in [1.54, 1.807) is 42.1 Å². The number of carbonyl (C=O) groups is 1. The number of halogens is 2. The van der Waals surface area contributed by atoms with E-state index in [-0.39, 0.29) is 5.91 Å². The van der Waals surface area contributed by atoms with Gasteiger partial charge in [-0.1, -0.05) is 59.6 Å². The molecule has 28 heavy (non-hydrogen) atoms. The Kier molecular flexibility index (Phi) is 8.64. The van der Waals surface area contributed by atoms with E-state index in [2.05, 4.69) is 5.32 Å². The number of nitrogens with one attached hydrogen (secondary N) is 1. The molecule has 0 aliphatic heterocycles. The zero-order valence-electron chi connectivity index (χ0n) is 15.6. The van der Waals surface area contributed by atoms with E-state index in [1.807, 2.05) is 18.2 Å². The van der Waals surface area contributed by atoms with E-state index in [9.17, 15) is 13.2 Å². The van der Waals surface area contributed by atoms with Gasteiger partial charge >= 0.3 is 0 Å². The molecule has 0 fully saturated rings. The van der Waals surface area contributed by atoms with Crippen LogP contribution in [0.25, 0.3) is 0 Å². The first-order chi connectivity index (χ1) is 13.2. The van der Waals surface area contributed by atoms with Gasteiger partial charge in [0, 0.05) is 25.1 Å².